The molecule has 1 aliphatic carbocycles. The van der Waals surface area contributed by atoms with Gasteiger partial charge < -0.3 is 5.11 Å². The van der Waals surface area contributed by atoms with Gasteiger partial charge in [0.1, 0.15) is 0 Å². The van der Waals surface area contributed by atoms with E-state index in [-0.39, 0.29) is 6.61 Å². The van der Waals surface area contributed by atoms with Crippen molar-refractivity contribution in [3.05, 3.63) is 47.5 Å². The van der Waals surface area contributed by atoms with Gasteiger partial charge in [-0.3, -0.25) is 0 Å². The summed E-state index contributed by atoms with van der Waals surface area (Å²) in [5.74, 6) is 0.749. The van der Waals surface area contributed by atoms with Gasteiger partial charge in [-0.2, -0.15) is 0 Å². The van der Waals surface area contributed by atoms with Crippen LogP contribution in [0.3, 0.4) is 0 Å². The van der Waals surface area contributed by atoms with Crippen molar-refractivity contribution >= 4 is 0 Å². The highest BCUT2D eigenvalue weighted by atomic mass is 16.2. The lowest BCUT2D eigenvalue weighted by Crippen LogP contribution is -2.05. The van der Waals surface area contributed by atoms with Crippen LogP contribution in [0.1, 0.15) is 62.0 Å². The zero-order chi connectivity index (χ0) is 13.3. The van der Waals surface area contributed by atoms with Crippen LogP contribution < -0.4 is 0 Å². The lowest BCUT2D eigenvalue weighted by Gasteiger charge is -2.22. The van der Waals surface area contributed by atoms with Crippen LogP contribution in [-0.2, 0) is 6.42 Å². The zero-order valence-corrected chi connectivity index (χ0v) is 11.9. The Labute approximate surface area is 117 Å². The van der Waals surface area contributed by atoms with Crippen molar-refractivity contribution in [2.45, 2.75) is 57.3 Å². The average Bonchev–Trinajstić information content (AvgIpc) is 2.40. The van der Waals surface area contributed by atoms with Crippen molar-refractivity contribution in [1.82, 2.24) is 0 Å². The molecule has 1 nitrogen and oxygen atoms in total. The first kappa shape index (κ1) is 14.3. The van der Waals surface area contributed by atoms with E-state index in [1.807, 2.05) is 6.08 Å². The van der Waals surface area contributed by atoms with E-state index in [9.17, 15) is 0 Å². The summed E-state index contributed by atoms with van der Waals surface area (Å²) in [5.41, 5.74) is 2.99. The molecule has 2 rings (SSSR count). The summed E-state index contributed by atoms with van der Waals surface area (Å²) in [6, 6.07) is 8.87. The largest absolute Gasteiger partial charge is 0.392 e. The minimum absolute atomic E-state index is 0.144. The summed E-state index contributed by atoms with van der Waals surface area (Å²) in [6.07, 6.45) is 14.6. The molecule has 19 heavy (non-hydrogen) atoms. The predicted molar refractivity (Wildman–Crippen MR) is 81.4 cm³/mol. The highest BCUT2D eigenvalue weighted by Gasteiger charge is 2.15. The first-order chi connectivity index (χ1) is 9.42. The average molecular weight is 258 g/mol. The van der Waals surface area contributed by atoms with E-state index >= 15 is 0 Å². The minimum atomic E-state index is 0.144. The molecule has 1 heteroatoms. The van der Waals surface area contributed by atoms with Gasteiger partial charge in [0, 0.05) is 0 Å². The van der Waals surface area contributed by atoms with Gasteiger partial charge in [0.15, 0.2) is 0 Å². The van der Waals surface area contributed by atoms with E-state index < -0.39 is 0 Å². The number of allylic oxidation sites excluding steroid dienone is 1. The Hall–Kier alpha value is -1.08. The van der Waals surface area contributed by atoms with Crippen LogP contribution in [0.15, 0.2) is 36.4 Å². The Kier molecular flexibility index (Phi) is 6.16. The molecule has 0 unspecified atom stereocenters. The van der Waals surface area contributed by atoms with Crippen molar-refractivity contribution < 1.29 is 5.11 Å². The summed E-state index contributed by atoms with van der Waals surface area (Å²) >= 11 is 0. The molecule has 0 heterocycles. The smallest absolute Gasteiger partial charge is 0.0612 e. The maximum absolute atomic E-state index is 8.84. The molecule has 104 valence electrons. The Morgan fingerprint density at radius 1 is 0.947 bits per heavy atom. The second kappa shape index (κ2) is 8.16. The van der Waals surface area contributed by atoms with Gasteiger partial charge >= 0.3 is 0 Å². The van der Waals surface area contributed by atoms with Crippen LogP contribution in [-0.4, -0.2) is 11.7 Å². The number of hydrogen-bond acceptors (Lipinski definition) is 1. The van der Waals surface area contributed by atoms with E-state index in [1.54, 1.807) is 5.56 Å². The fraction of sp³-hybridized carbons (Fsp3) is 0.556. The van der Waals surface area contributed by atoms with Crippen LogP contribution in [0.5, 0.6) is 0 Å². The van der Waals surface area contributed by atoms with E-state index in [0.717, 1.165) is 12.3 Å². The van der Waals surface area contributed by atoms with E-state index in [2.05, 4.69) is 30.3 Å². The Balaban J connectivity index is 2.10. The highest BCUT2D eigenvalue weighted by molar-refractivity contribution is 5.32. The zero-order valence-electron chi connectivity index (χ0n) is 11.9. The van der Waals surface area contributed by atoms with Crippen LogP contribution in [0.2, 0.25) is 0 Å². The van der Waals surface area contributed by atoms with Gasteiger partial charge in [-0.25, -0.2) is 0 Å². The topological polar surface area (TPSA) is 20.2 Å². The van der Waals surface area contributed by atoms with Crippen molar-refractivity contribution in [3.8, 4) is 0 Å². The third kappa shape index (κ3) is 4.50. The quantitative estimate of drug-likeness (QED) is 0.782. The molecule has 0 radical (unpaired) electrons. The van der Waals surface area contributed by atoms with E-state index in [4.69, 9.17) is 5.11 Å². The van der Waals surface area contributed by atoms with Crippen molar-refractivity contribution in [1.29, 1.82) is 0 Å². The number of hydrogen-bond donors (Lipinski definition) is 1. The summed E-state index contributed by atoms with van der Waals surface area (Å²) < 4.78 is 0. The molecule has 0 bridgehead atoms. The van der Waals surface area contributed by atoms with Gasteiger partial charge in [0.25, 0.3) is 0 Å². The van der Waals surface area contributed by atoms with Crippen LogP contribution in [0.25, 0.3) is 0 Å². The number of rotatable bonds is 4. The molecule has 0 aliphatic heterocycles. The molecule has 0 aromatic heterocycles. The number of benzene rings is 1. The Morgan fingerprint density at radius 3 is 2.37 bits per heavy atom. The van der Waals surface area contributed by atoms with Crippen LogP contribution in [0, 0.1) is 0 Å². The summed E-state index contributed by atoms with van der Waals surface area (Å²) in [6.45, 7) is 0.144. The molecular weight excluding hydrogens is 232 g/mol. The molecule has 1 aliphatic rings. The molecule has 1 aromatic carbocycles. The lowest BCUT2D eigenvalue weighted by atomic mass is 9.83. The van der Waals surface area contributed by atoms with Gasteiger partial charge in [-0.05, 0) is 36.3 Å². The van der Waals surface area contributed by atoms with E-state index in [1.165, 1.54) is 50.5 Å². The SMILES string of the molecule is OCC=CCc1ccccc1C1CCCCCCC1. The summed E-state index contributed by atoms with van der Waals surface area (Å²) in [5, 5.41) is 8.84. The lowest BCUT2D eigenvalue weighted by molar-refractivity contribution is 0.342. The van der Waals surface area contributed by atoms with Crippen molar-refractivity contribution in [2.24, 2.45) is 0 Å². The molecule has 0 atom stereocenters. The molecular formula is C18H26O. The summed E-state index contributed by atoms with van der Waals surface area (Å²) in [4.78, 5) is 0. The van der Waals surface area contributed by atoms with Crippen molar-refractivity contribution in [2.75, 3.05) is 6.61 Å². The van der Waals surface area contributed by atoms with Crippen molar-refractivity contribution in [3.63, 3.8) is 0 Å². The highest BCUT2D eigenvalue weighted by Crippen LogP contribution is 2.32. The minimum Gasteiger partial charge on any atom is -0.392 e. The number of aliphatic hydroxyl groups is 1. The molecule has 0 amide bonds. The molecule has 1 aromatic rings. The van der Waals surface area contributed by atoms with Crippen LogP contribution >= 0.6 is 0 Å². The molecule has 1 fully saturated rings. The standard InChI is InChI=1S/C18H26O/c19-15-9-8-13-17-12-6-7-14-18(17)16-10-4-2-1-3-5-11-16/h6-9,12,14,16,19H,1-5,10-11,13,15H2. The van der Waals surface area contributed by atoms with Gasteiger partial charge in [-0.1, -0.05) is 68.5 Å². The van der Waals surface area contributed by atoms with E-state index in [0.29, 0.717) is 0 Å². The molecule has 0 spiro atoms. The Morgan fingerprint density at radius 2 is 1.63 bits per heavy atom. The molecule has 1 saturated carbocycles. The molecule has 0 saturated heterocycles. The van der Waals surface area contributed by atoms with Crippen LogP contribution in [0.4, 0.5) is 0 Å². The maximum atomic E-state index is 8.84. The Bertz CT molecular complexity index is 386. The second-order valence-electron chi connectivity index (χ2n) is 5.60. The third-order valence-electron chi connectivity index (χ3n) is 4.21. The normalized spacial score (nSPS) is 18.4. The fourth-order valence-corrected chi connectivity index (χ4v) is 3.17. The number of aliphatic hydroxyl groups excluding tert-OH is 1. The predicted octanol–water partition coefficient (Wildman–Crippen LogP) is 4.61. The van der Waals surface area contributed by atoms with Gasteiger partial charge in [0.05, 0.1) is 6.61 Å². The maximum Gasteiger partial charge on any atom is 0.0612 e. The summed E-state index contributed by atoms with van der Waals surface area (Å²) in [7, 11) is 0. The second-order valence-corrected chi connectivity index (χ2v) is 5.60. The first-order valence-electron chi connectivity index (χ1n) is 7.75. The fourth-order valence-electron chi connectivity index (χ4n) is 3.17. The monoisotopic (exact) mass is 258 g/mol. The first-order valence-corrected chi connectivity index (χ1v) is 7.75. The van der Waals surface area contributed by atoms with Gasteiger partial charge in [-0.15, -0.1) is 0 Å². The third-order valence-corrected chi connectivity index (χ3v) is 4.21. The van der Waals surface area contributed by atoms with Gasteiger partial charge in [0.2, 0.25) is 0 Å². The molecule has 1 N–H and O–H groups in total.